The van der Waals surface area contributed by atoms with Gasteiger partial charge in [0.25, 0.3) is 0 Å². The Morgan fingerprint density at radius 1 is 1.13 bits per heavy atom. The summed E-state index contributed by atoms with van der Waals surface area (Å²) in [4.78, 5) is 0. The Labute approximate surface area is 101 Å². The van der Waals surface area contributed by atoms with Crippen LogP contribution < -0.4 is 0 Å². The highest BCUT2D eigenvalue weighted by atomic mass is 35.5. The number of hydrogen-bond acceptors (Lipinski definition) is 0. The molecule has 15 heavy (non-hydrogen) atoms. The molecular formula is C14H27Cl. The molecule has 0 saturated heterocycles. The molecule has 1 rings (SSSR count). The van der Waals surface area contributed by atoms with Crippen molar-refractivity contribution >= 4 is 11.6 Å². The van der Waals surface area contributed by atoms with Crippen LogP contribution in [0.1, 0.15) is 66.2 Å². The highest BCUT2D eigenvalue weighted by Gasteiger charge is 2.29. The number of alkyl halides is 1. The molecule has 0 aromatic heterocycles. The molecule has 0 nitrogen and oxygen atoms in total. The van der Waals surface area contributed by atoms with Gasteiger partial charge in [-0.3, -0.25) is 0 Å². The van der Waals surface area contributed by atoms with E-state index in [4.69, 9.17) is 11.6 Å². The SMILES string of the molecule is CCC(Cl)C1CCCC(C(C)(C)C)CC1. The minimum Gasteiger partial charge on any atom is -0.123 e. The predicted octanol–water partition coefficient (Wildman–Crippen LogP) is 5.25. The van der Waals surface area contributed by atoms with Crippen molar-refractivity contribution in [1.82, 2.24) is 0 Å². The van der Waals surface area contributed by atoms with E-state index in [9.17, 15) is 0 Å². The van der Waals surface area contributed by atoms with E-state index in [-0.39, 0.29) is 0 Å². The first-order valence-corrected chi connectivity index (χ1v) is 7.03. The number of hydrogen-bond donors (Lipinski definition) is 0. The molecule has 0 amide bonds. The smallest absolute Gasteiger partial charge is 0.0361 e. The van der Waals surface area contributed by atoms with Crippen LogP contribution >= 0.6 is 11.6 Å². The van der Waals surface area contributed by atoms with Gasteiger partial charge in [-0.05, 0) is 49.4 Å². The average molecular weight is 231 g/mol. The molecule has 1 saturated carbocycles. The first-order valence-electron chi connectivity index (χ1n) is 6.59. The zero-order valence-corrected chi connectivity index (χ0v) is 11.6. The van der Waals surface area contributed by atoms with Gasteiger partial charge in [-0.2, -0.15) is 0 Å². The summed E-state index contributed by atoms with van der Waals surface area (Å²) in [5.74, 6) is 1.69. The lowest BCUT2D eigenvalue weighted by molar-refractivity contribution is 0.212. The molecule has 3 unspecified atom stereocenters. The van der Waals surface area contributed by atoms with Crippen molar-refractivity contribution < 1.29 is 0 Å². The highest BCUT2D eigenvalue weighted by Crippen LogP contribution is 2.40. The van der Waals surface area contributed by atoms with Crippen LogP contribution in [-0.4, -0.2) is 5.38 Å². The van der Waals surface area contributed by atoms with Crippen molar-refractivity contribution in [2.75, 3.05) is 0 Å². The second kappa shape index (κ2) is 5.57. The monoisotopic (exact) mass is 230 g/mol. The van der Waals surface area contributed by atoms with Gasteiger partial charge in [0.05, 0.1) is 0 Å². The van der Waals surface area contributed by atoms with Crippen LogP contribution in [0.5, 0.6) is 0 Å². The summed E-state index contributed by atoms with van der Waals surface area (Å²) in [6, 6.07) is 0. The molecular weight excluding hydrogens is 204 g/mol. The van der Waals surface area contributed by atoms with Crippen molar-refractivity contribution in [2.45, 2.75) is 71.6 Å². The third-order valence-electron chi connectivity index (χ3n) is 4.14. The summed E-state index contributed by atoms with van der Waals surface area (Å²) in [5, 5.41) is 0.420. The lowest BCUT2D eigenvalue weighted by Gasteiger charge is -2.30. The zero-order chi connectivity index (χ0) is 11.5. The molecule has 1 fully saturated rings. The Morgan fingerprint density at radius 2 is 1.80 bits per heavy atom. The molecule has 1 aliphatic rings. The molecule has 3 atom stereocenters. The fourth-order valence-corrected chi connectivity index (χ4v) is 3.14. The third kappa shape index (κ3) is 3.98. The molecule has 0 bridgehead atoms. The first-order chi connectivity index (χ1) is 6.95. The van der Waals surface area contributed by atoms with Crippen molar-refractivity contribution in [2.24, 2.45) is 17.3 Å². The van der Waals surface area contributed by atoms with Gasteiger partial charge in [-0.25, -0.2) is 0 Å². The van der Waals surface area contributed by atoms with Gasteiger partial charge in [0.1, 0.15) is 0 Å². The van der Waals surface area contributed by atoms with E-state index < -0.39 is 0 Å². The molecule has 90 valence electrons. The van der Waals surface area contributed by atoms with E-state index in [0.29, 0.717) is 10.8 Å². The molecule has 0 spiro atoms. The standard InChI is InChI=1S/C14H27Cl/c1-5-13(15)11-7-6-8-12(10-9-11)14(2,3)4/h11-13H,5-10H2,1-4H3. The topological polar surface area (TPSA) is 0 Å². The minimum atomic E-state index is 0.420. The molecule has 0 aromatic carbocycles. The Morgan fingerprint density at radius 3 is 2.33 bits per heavy atom. The van der Waals surface area contributed by atoms with E-state index in [1.165, 1.54) is 32.1 Å². The Bertz CT molecular complexity index is 180. The number of halogens is 1. The Balaban J connectivity index is 2.49. The van der Waals surface area contributed by atoms with Crippen LogP contribution in [0.4, 0.5) is 0 Å². The second-order valence-corrected chi connectivity index (χ2v) is 6.82. The van der Waals surface area contributed by atoms with Crippen LogP contribution in [0, 0.1) is 17.3 Å². The summed E-state index contributed by atoms with van der Waals surface area (Å²) < 4.78 is 0. The maximum absolute atomic E-state index is 6.38. The van der Waals surface area contributed by atoms with Gasteiger partial charge in [-0.1, -0.05) is 34.1 Å². The molecule has 0 heterocycles. The molecule has 0 N–H and O–H groups in total. The van der Waals surface area contributed by atoms with Crippen LogP contribution in [0.3, 0.4) is 0 Å². The molecule has 0 radical (unpaired) electrons. The summed E-state index contributed by atoms with van der Waals surface area (Å²) in [5.41, 5.74) is 0.489. The number of rotatable bonds is 2. The first kappa shape index (κ1) is 13.4. The fourth-order valence-electron chi connectivity index (χ4n) is 2.89. The average Bonchev–Trinajstić information content (AvgIpc) is 2.40. The summed E-state index contributed by atoms with van der Waals surface area (Å²) in [6.45, 7) is 9.37. The summed E-state index contributed by atoms with van der Waals surface area (Å²) in [6.07, 6.45) is 8.02. The van der Waals surface area contributed by atoms with E-state index in [1.54, 1.807) is 0 Å². The van der Waals surface area contributed by atoms with Crippen LogP contribution in [0.25, 0.3) is 0 Å². The summed E-state index contributed by atoms with van der Waals surface area (Å²) in [7, 11) is 0. The van der Waals surface area contributed by atoms with Gasteiger partial charge >= 0.3 is 0 Å². The van der Waals surface area contributed by atoms with Crippen LogP contribution in [0.2, 0.25) is 0 Å². The molecule has 1 heteroatoms. The van der Waals surface area contributed by atoms with Gasteiger partial charge in [0, 0.05) is 5.38 Å². The molecule has 0 aliphatic heterocycles. The normalized spacial score (nSPS) is 31.0. The van der Waals surface area contributed by atoms with Crippen molar-refractivity contribution in [3.63, 3.8) is 0 Å². The lowest BCUT2D eigenvalue weighted by atomic mass is 9.76. The fraction of sp³-hybridized carbons (Fsp3) is 1.00. The van der Waals surface area contributed by atoms with E-state index in [1.807, 2.05) is 0 Å². The largest absolute Gasteiger partial charge is 0.123 e. The van der Waals surface area contributed by atoms with Crippen molar-refractivity contribution in [3.05, 3.63) is 0 Å². The quantitative estimate of drug-likeness (QED) is 0.449. The zero-order valence-electron chi connectivity index (χ0n) is 10.9. The maximum Gasteiger partial charge on any atom is 0.0361 e. The van der Waals surface area contributed by atoms with E-state index >= 15 is 0 Å². The van der Waals surface area contributed by atoms with Gasteiger partial charge in [0.2, 0.25) is 0 Å². The van der Waals surface area contributed by atoms with Crippen LogP contribution in [-0.2, 0) is 0 Å². The van der Waals surface area contributed by atoms with E-state index in [0.717, 1.165) is 18.3 Å². The van der Waals surface area contributed by atoms with Gasteiger partial charge in [-0.15, -0.1) is 11.6 Å². The van der Waals surface area contributed by atoms with Crippen molar-refractivity contribution in [3.8, 4) is 0 Å². The van der Waals surface area contributed by atoms with Gasteiger partial charge in [0.15, 0.2) is 0 Å². The lowest BCUT2D eigenvalue weighted by Crippen LogP contribution is -2.20. The highest BCUT2D eigenvalue weighted by molar-refractivity contribution is 6.20. The minimum absolute atomic E-state index is 0.420. The summed E-state index contributed by atoms with van der Waals surface area (Å²) >= 11 is 6.38. The third-order valence-corrected chi connectivity index (χ3v) is 4.80. The predicted molar refractivity (Wildman–Crippen MR) is 69.5 cm³/mol. The van der Waals surface area contributed by atoms with Crippen molar-refractivity contribution in [1.29, 1.82) is 0 Å². The second-order valence-electron chi connectivity index (χ2n) is 6.26. The molecule has 0 aromatic rings. The Hall–Kier alpha value is 0.290. The van der Waals surface area contributed by atoms with E-state index in [2.05, 4.69) is 27.7 Å². The van der Waals surface area contributed by atoms with Gasteiger partial charge < -0.3 is 0 Å². The Kier molecular flexibility index (Phi) is 4.96. The van der Waals surface area contributed by atoms with Crippen LogP contribution in [0.15, 0.2) is 0 Å². The maximum atomic E-state index is 6.38. The molecule has 1 aliphatic carbocycles.